The molecular formula is C23H22FN3O2. The molecule has 1 heterocycles. The number of carbonyl (C=O) groups is 1. The Balaban J connectivity index is 1.28. The van der Waals surface area contributed by atoms with Gasteiger partial charge in [-0.1, -0.05) is 25.1 Å². The van der Waals surface area contributed by atoms with Crippen LogP contribution in [0.1, 0.15) is 41.6 Å². The third-order valence-electron chi connectivity index (χ3n) is 6.60. The summed E-state index contributed by atoms with van der Waals surface area (Å²) in [4.78, 5) is 20.2. The maximum Gasteiger partial charge on any atom is 0.248 e. The Kier molecular flexibility index (Phi) is 4.23. The van der Waals surface area contributed by atoms with Gasteiger partial charge in [0.05, 0.1) is 10.9 Å². The standard InChI is InChI=1S/C23H22FN3O2/c1-12(15-4-2-3-5-16(15)22(25)28)21-18-9-14(10-19(18)21)29-23-17-7-6-13(24)8-20(17)26-11-27-23/h2-8,11-12,14,18-19,21H,9-10H2,1H3,(H2,25,28)/t12-,14?,18+,19+,21?/m0/s1. The summed E-state index contributed by atoms with van der Waals surface area (Å²) in [5.74, 6) is 1.83. The van der Waals surface area contributed by atoms with Crippen LogP contribution in [0.15, 0.2) is 48.8 Å². The lowest BCUT2D eigenvalue weighted by Gasteiger charge is -2.21. The summed E-state index contributed by atoms with van der Waals surface area (Å²) in [7, 11) is 0. The number of benzene rings is 2. The molecule has 0 unspecified atom stereocenters. The lowest BCUT2D eigenvalue weighted by Crippen LogP contribution is -2.19. The average Bonchev–Trinajstić information content (AvgIpc) is 3.22. The van der Waals surface area contributed by atoms with Crippen molar-refractivity contribution < 1.29 is 13.9 Å². The first-order valence-electron chi connectivity index (χ1n) is 9.98. The van der Waals surface area contributed by atoms with Crippen LogP contribution < -0.4 is 10.5 Å². The van der Waals surface area contributed by atoms with Crippen LogP contribution in [0, 0.1) is 23.6 Å². The SMILES string of the molecule is C[C@@H](c1ccccc1C(N)=O)C1[C@@H]2CC(Oc3ncnc4cc(F)ccc34)C[C@@H]12. The maximum absolute atomic E-state index is 13.4. The van der Waals surface area contributed by atoms with Crippen LogP contribution in [0.4, 0.5) is 4.39 Å². The number of aromatic nitrogens is 2. The Hall–Kier alpha value is -3.02. The van der Waals surface area contributed by atoms with Crippen molar-refractivity contribution in [3.63, 3.8) is 0 Å². The molecule has 3 atom stereocenters. The quantitative estimate of drug-likeness (QED) is 0.711. The number of nitrogens with zero attached hydrogens (tertiary/aromatic N) is 2. The Bertz CT molecular complexity index is 1090. The van der Waals surface area contributed by atoms with Crippen molar-refractivity contribution >= 4 is 16.8 Å². The fourth-order valence-corrected chi connectivity index (χ4v) is 5.26. The van der Waals surface area contributed by atoms with Crippen LogP contribution in [0.2, 0.25) is 0 Å². The number of primary amides is 1. The van der Waals surface area contributed by atoms with Gasteiger partial charge in [-0.2, -0.15) is 0 Å². The highest BCUT2D eigenvalue weighted by atomic mass is 19.1. The molecule has 6 heteroatoms. The number of amides is 1. The summed E-state index contributed by atoms with van der Waals surface area (Å²) in [6.07, 6.45) is 3.44. The van der Waals surface area contributed by atoms with Crippen molar-refractivity contribution in [2.24, 2.45) is 23.5 Å². The fourth-order valence-electron chi connectivity index (χ4n) is 5.26. The number of ether oxygens (including phenoxy) is 1. The van der Waals surface area contributed by atoms with Crippen LogP contribution in [0.5, 0.6) is 5.88 Å². The molecule has 148 valence electrons. The smallest absolute Gasteiger partial charge is 0.248 e. The molecule has 0 radical (unpaired) electrons. The number of fused-ring (bicyclic) bond motifs is 2. The van der Waals surface area contributed by atoms with Crippen LogP contribution in [0.3, 0.4) is 0 Å². The summed E-state index contributed by atoms with van der Waals surface area (Å²) in [5.41, 5.74) is 7.77. The second kappa shape index (κ2) is 6.79. The molecule has 2 aliphatic carbocycles. The monoisotopic (exact) mass is 391 g/mol. The van der Waals surface area contributed by atoms with E-state index >= 15 is 0 Å². The van der Waals surface area contributed by atoms with Gasteiger partial charge in [0, 0.05) is 11.6 Å². The van der Waals surface area contributed by atoms with Crippen LogP contribution in [-0.4, -0.2) is 22.0 Å². The highest BCUT2D eigenvalue weighted by molar-refractivity contribution is 5.94. The number of halogens is 1. The first kappa shape index (κ1) is 18.0. The first-order chi connectivity index (χ1) is 14.0. The first-order valence-corrected chi connectivity index (χ1v) is 9.98. The topological polar surface area (TPSA) is 78.1 Å². The highest BCUT2D eigenvalue weighted by Gasteiger charge is 2.58. The zero-order valence-corrected chi connectivity index (χ0v) is 16.1. The van der Waals surface area contributed by atoms with Gasteiger partial charge in [-0.15, -0.1) is 0 Å². The van der Waals surface area contributed by atoms with E-state index in [4.69, 9.17) is 10.5 Å². The molecule has 29 heavy (non-hydrogen) atoms. The second-order valence-electron chi connectivity index (χ2n) is 8.20. The third kappa shape index (κ3) is 3.12. The fraction of sp³-hybridized carbons (Fsp3) is 0.348. The zero-order chi connectivity index (χ0) is 20.1. The van der Waals surface area contributed by atoms with E-state index in [0.717, 1.165) is 23.8 Å². The van der Waals surface area contributed by atoms with Crippen molar-refractivity contribution in [2.45, 2.75) is 31.8 Å². The molecule has 1 aromatic heterocycles. The van der Waals surface area contributed by atoms with E-state index in [1.165, 1.54) is 18.5 Å². The van der Waals surface area contributed by atoms with Gasteiger partial charge in [-0.05, 0) is 60.3 Å². The molecule has 2 aromatic carbocycles. The van der Waals surface area contributed by atoms with E-state index < -0.39 is 0 Å². The molecule has 2 N–H and O–H groups in total. The summed E-state index contributed by atoms with van der Waals surface area (Å²) < 4.78 is 19.6. The largest absolute Gasteiger partial charge is 0.474 e. The Morgan fingerprint density at radius 3 is 2.69 bits per heavy atom. The molecule has 2 fully saturated rings. The highest BCUT2D eigenvalue weighted by Crippen LogP contribution is 2.63. The third-order valence-corrected chi connectivity index (χ3v) is 6.60. The number of rotatable bonds is 5. The molecule has 2 saturated carbocycles. The number of carbonyl (C=O) groups excluding carboxylic acids is 1. The minimum atomic E-state index is -0.369. The Morgan fingerprint density at radius 2 is 1.93 bits per heavy atom. The van der Waals surface area contributed by atoms with Crippen LogP contribution in [-0.2, 0) is 0 Å². The minimum absolute atomic E-state index is 0.1000. The van der Waals surface area contributed by atoms with Gasteiger partial charge in [0.25, 0.3) is 0 Å². The van der Waals surface area contributed by atoms with Crippen molar-refractivity contribution in [3.8, 4) is 5.88 Å². The van der Waals surface area contributed by atoms with Gasteiger partial charge in [-0.3, -0.25) is 4.79 Å². The van der Waals surface area contributed by atoms with Crippen molar-refractivity contribution in [1.29, 1.82) is 0 Å². The summed E-state index contributed by atoms with van der Waals surface area (Å²) >= 11 is 0. The lowest BCUT2D eigenvalue weighted by molar-refractivity contribution is 0.0998. The number of nitrogens with two attached hydrogens (primary N) is 1. The van der Waals surface area contributed by atoms with Crippen LogP contribution >= 0.6 is 0 Å². The molecule has 0 aliphatic heterocycles. The van der Waals surface area contributed by atoms with Crippen molar-refractivity contribution in [3.05, 3.63) is 65.7 Å². The van der Waals surface area contributed by atoms with E-state index in [9.17, 15) is 9.18 Å². The molecular weight excluding hydrogens is 369 g/mol. The summed E-state index contributed by atoms with van der Waals surface area (Å²) in [6.45, 7) is 2.19. The van der Waals surface area contributed by atoms with Crippen molar-refractivity contribution in [2.75, 3.05) is 0 Å². The molecule has 3 aromatic rings. The second-order valence-corrected chi connectivity index (χ2v) is 8.20. The predicted octanol–water partition coefficient (Wildman–Crippen LogP) is 4.07. The van der Waals surface area contributed by atoms with Gasteiger partial charge in [0.15, 0.2) is 0 Å². The molecule has 0 bridgehead atoms. The molecule has 5 rings (SSSR count). The summed E-state index contributed by atoms with van der Waals surface area (Å²) in [5, 5.41) is 0.731. The van der Waals surface area contributed by atoms with Gasteiger partial charge in [0.1, 0.15) is 18.2 Å². The van der Waals surface area contributed by atoms with Gasteiger partial charge in [-0.25, -0.2) is 14.4 Å². The number of hydrogen-bond donors (Lipinski definition) is 1. The van der Waals surface area contributed by atoms with E-state index in [1.807, 2.05) is 18.2 Å². The van der Waals surface area contributed by atoms with E-state index in [2.05, 4.69) is 16.9 Å². The molecule has 5 nitrogen and oxygen atoms in total. The van der Waals surface area contributed by atoms with Crippen LogP contribution in [0.25, 0.3) is 10.9 Å². The Labute approximate surface area is 168 Å². The summed E-state index contributed by atoms with van der Waals surface area (Å²) in [6, 6.07) is 12.1. The van der Waals surface area contributed by atoms with Crippen molar-refractivity contribution in [1.82, 2.24) is 9.97 Å². The average molecular weight is 391 g/mol. The van der Waals surface area contributed by atoms with E-state index in [1.54, 1.807) is 12.1 Å². The van der Waals surface area contributed by atoms with Gasteiger partial charge >= 0.3 is 0 Å². The number of hydrogen-bond acceptors (Lipinski definition) is 4. The van der Waals surface area contributed by atoms with Gasteiger partial charge < -0.3 is 10.5 Å². The lowest BCUT2D eigenvalue weighted by atomic mass is 9.88. The molecule has 0 spiro atoms. The molecule has 1 amide bonds. The van der Waals surface area contributed by atoms with E-state index in [0.29, 0.717) is 34.7 Å². The van der Waals surface area contributed by atoms with E-state index in [-0.39, 0.29) is 23.7 Å². The maximum atomic E-state index is 13.4. The zero-order valence-electron chi connectivity index (χ0n) is 16.1. The normalized spacial score (nSPS) is 24.3. The Morgan fingerprint density at radius 1 is 1.17 bits per heavy atom. The van der Waals surface area contributed by atoms with Gasteiger partial charge in [0.2, 0.25) is 11.8 Å². The minimum Gasteiger partial charge on any atom is -0.474 e. The molecule has 2 aliphatic rings. The molecule has 0 saturated heterocycles. The predicted molar refractivity (Wildman–Crippen MR) is 107 cm³/mol.